The number of hydrogen-bond donors (Lipinski definition) is 2. The minimum atomic E-state index is -4.45. The van der Waals surface area contributed by atoms with E-state index in [9.17, 15) is 30.8 Å². The molecule has 0 aromatic heterocycles. The molecule has 1 aromatic carbocycles. The number of carbonyl (C=O) groups is 1. The van der Waals surface area contributed by atoms with Crippen LogP contribution >= 0.6 is 15.9 Å². The lowest BCUT2D eigenvalue weighted by molar-refractivity contribution is -0.132. The normalized spacial score (nSPS) is 12.3. The highest BCUT2D eigenvalue weighted by Gasteiger charge is 2.27. The van der Waals surface area contributed by atoms with Gasteiger partial charge in [-0.15, -0.1) is 0 Å². The minimum Gasteiger partial charge on any atom is -0.352 e. The van der Waals surface area contributed by atoms with Crippen molar-refractivity contribution in [3.63, 3.8) is 0 Å². The Morgan fingerprint density at radius 3 is 2.38 bits per heavy atom. The van der Waals surface area contributed by atoms with Crippen LogP contribution in [0.2, 0.25) is 0 Å². The lowest BCUT2D eigenvalue weighted by Crippen LogP contribution is -2.28. The summed E-state index contributed by atoms with van der Waals surface area (Å²) in [5.41, 5.74) is -0.457. The van der Waals surface area contributed by atoms with Gasteiger partial charge in [-0.1, -0.05) is 0 Å². The molecule has 1 rings (SSSR count). The number of amides is 1. The summed E-state index contributed by atoms with van der Waals surface area (Å²) in [6, 6.07) is 1.45. The molecule has 21 heavy (non-hydrogen) atoms. The van der Waals surface area contributed by atoms with Gasteiger partial charge in [-0.2, -0.15) is 13.2 Å². The Morgan fingerprint density at radius 2 is 1.90 bits per heavy atom. The molecule has 0 unspecified atom stereocenters. The fourth-order valence-electron chi connectivity index (χ4n) is 1.32. The second kappa shape index (κ2) is 6.28. The third-order valence-corrected chi connectivity index (χ3v) is 4.26. The monoisotopic (exact) mass is 392 g/mol. The van der Waals surface area contributed by atoms with E-state index in [2.05, 4.69) is 15.9 Å². The number of benzene rings is 1. The fourth-order valence-corrected chi connectivity index (χ4v) is 2.87. The Hall–Kier alpha value is -1.20. The zero-order chi connectivity index (χ0) is 16.4. The van der Waals surface area contributed by atoms with Crippen molar-refractivity contribution in [3.05, 3.63) is 28.0 Å². The molecule has 0 heterocycles. The Balaban J connectivity index is 2.99. The average Bonchev–Trinajstić information content (AvgIpc) is 2.29. The van der Waals surface area contributed by atoms with Crippen LogP contribution in [0.25, 0.3) is 0 Å². The van der Waals surface area contributed by atoms with Crippen molar-refractivity contribution in [2.24, 2.45) is 5.14 Å². The summed E-state index contributed by atoms with van der Waals surface area (Å²) in [5, 5.41) is 6.75. The third kappa shape index (κ3) is 5.25. The first-order valence-electron chi connectivity index (χ1n) is 5.28. The first-order valence-corrected chi connectivity index (χ1v) is 7.62. The van der Waals surface area contributed by atoms with Gasteiger partial charge < -0.3 is 5.32 Å². The van der Waals surface area contributed by atoms with Crippen LogP contribution in [0.15, 0.2) is 21.5 Å². The first-order chi connectivity index (χ1) is 9.42. The van der Waals surface area contributed by atoms with Gasteiger partial charge >= 0.3 is 6.18 Å². The van der Waals surface area contributed by atoms with Crippen molar-refractivity contribution < 1.29 is 30.8 Å². The molecule has 5 nitrogen and oxygen atoms in total. The quantitative estimate of drug-likeness (QED) is 0.767. The Morgan fingerprint density at radius 1 is 1.33 bits per heavy atom. The Kier molecular flexibility index (Phi) is 5.34. The van der Waals surface area contributed by atoms with E-state index in [1.165, 1.54) is 0 Å². The maximum absolute atomic E-state index is 13.5. The number of carbonyl (C=O) groups excluding carboxylic acids is 1. The zero-order valence-corrected chi connectivity index (χ0v) is 12.6. The van der Waals surface area contributed by atoms with Gasteiger partial charge in [0, 0.05) is 12.1 Å². The van der Waals surface area contributed by atoms with Crippen molar-refractivity contribution >= 4 is 31.9 Å². The van der Waals surface area contributed by atoms with Gasteiger partial charge in [0.25, 0.3) is 5.91 Å². The summed E-state index contributed by atoms with van der Waals surface area (Å²) in [4.78, 5) is 10.9. The summed E-state index contributed by atoms with van der Waals surface area (Å²) in [6.07, 6.45) is -5.72. The van der Waals surface area contributed by atoms with Gasteiger partial charge in [-0.3, -0.25) is 4.79 Å². The molecule has 0 saturated heterocycles. The highest BCUT2D eigenvalue weighted by molar-refractivity contribution is 9.10. The molecule has 118 valence electrons. The van der Waals surface area contributed by atoms with E-state index < -0.39 is 55.8 Å². The van der Waals surface area contributed by atoms with Crippen LogP contribution in [0, 0.1) is 5.82 Å². The number of sulfonamides is 1. The van der Waals surface area contributed by atoms with Crippen LogP contribution < -0.4 is 10.5 Å². The summed E-state index contributed by atoms with van der Waals surface area (Å²) < 4.78 is 71.3. The van der Waals surface area contributed by atoms with Gasteiger partial charge in [0.1, 0.15) is 5.82 Å². The van der Waals surface area contributed by atoms with Gasteiger partial charge in [0.15, 0.2) is 0 Å². The van der Waals surface area contributed by atoms with E-state index in [4.69, 9.17) is 5.14 Å². The second-order valence-corrected chi connectivity index (χ2v) is 6.26. The van der Waals surface area contributed by atoms with Crippen molar-refractivity contribution in [1.82, 2.24) is 5.32 Å². The SMILES string of the molecule is NS(=O)(=O)c1cc(C(=O)NCCC(F)(F)F)cc(F)c1Br. The van der Waals surface area contributed by atoms with E-state index in [1.54, 1.807) is 0 Å². The molecule has 0 fully saturated rings. The van der Waals surface area contributed by atoms with Crippen LogP contribution in [-0.4, -0.2) is 27.0 Å². The second-order valence-electron chi connectivity index (χ2n) is 3.94. The molecule has 0 saturated carbocycles. The molecular weight excluding hydrogens is 384 g/mol. The van der Waals surface area contributed by atoms with Gasteiger partial charge in [-0.25, -0.2) is 17.9 Å². The number of halogens is 5. The molecule has 1 aromatic rings. The molecule has 0 aliphatic heterocycles. The number of rotatable bonds is 4. The number of alkyl halides is 3. The molecule has 0 radical (unpaired) electrons. The van der Waals surface area contributed by atoms with E-state index in [0.29, 0.717) is 6.07 Å². The van der Waals surface area contributed by atoms with Crippen molar-refractivity contribution in [2.45, 2.75) is 17.5 Å². The largest absolute Gasteiger partial charge is 0.390 e. The number of nitrogens with two attached hydrogens (primary N) is 1. The van der Waals surface area contributed by atoms with Crippen LogP contribution in [-0.2, 0) is 10.0 Å². The minimum absolute atomic E-state index is 0.457. The molecule has 0 bridgehead atoms. The van der Waals surface area contributed by atoms with E-state index in [1.807, 2.05) is 5.32 Å². The van der Waals surface area contributed by atoms with Crippen LogP contribution in [0.3, 0.4) is 0 Å². The molecule has 0 aliphatic carbocycles. The maximum Gasteiger partial charge on any atom is 0.390 e. The average molecular weight is 393 g/mol. The first kappa shape index (κ1) is 17.9. The fraction of sp³-hybridized carbons (Fsp3) is 0.300. The molecule has 0 aliphatic rings. The number of hydrogen-bond acceptors (Lipinski definition) is 3. The molecule has 1 amide bonds. The third-order valence-electron chi connectivity index (χ3n) is 2.26. The summed E-state index contributed by atoms with van der Waals surface area (Å²) >= 11 is 2.66. The lowest BCUT2D eigenvalue weighted by atomic mass is 10.2. The van der Waals surface area contributed by atoms with Crippen molar-refractivity contribution in [3.8, 4) is 0 Å². The smallest absolute Gasteiger partial charge is 0.352 e. The van der Waals surface area contributed by atoms with Crippen molar-refractivity contribution in [2.75, 3.05) is 6.54 Å². The van der Waals surface area contributed by atoms with Gasteiger partial charge in [-0.05, 0) is 28.1 Å². The molecule has 0 spiro atoms. The highest BCUT2D eigenvalue weighted by Crippen LogP contribution is 2.26. The van der Waals surface area contributed by atoms with Crippen molar-refractivity contribution in [1.29, 1.82) is 0 Å². The predicted molar refractivity (Wildman–Crippen MR) is 68.5 cm³/mol. The van der Waals surface area contributed by atoms with E-state index in [0.717, 1.165) is 6.07 Å². The summed E-state index contributed by atoms with van der Waals surface area (Å²) in [5.74, 6) is -2.13. The predicted octanol–water partition coefficient (Wildman–Crippen LogP) is 1.92. The topological polar surface area (TPSA) is 89.3 Å². The van der Waals surface area contributed by atoms with Gasteiger partial charge in [0.2, 0.25) is 10.0 Å². The summed E-state index contributed by atoms with van der Waals surface area (Å²) in [6.45, 7) is -0.718. The number of nitrogens with one attached hydrogen (secondary N) is 1. The lowest BCUT2D eigenvalue weighted by Gasteiger charge is -2.10. The van der Waals surface area contributed by atoms with Crippen LogP contribution in [0.5, 0.6) is 0 Å². The molecule has 11 heteroatoms. The maximum atomic E-state index is 13.5. The molecular formula is C10H9BrF4N2O3S. The number of primary sulfonamides is 1. The van der Waals surface area contributed by atoms with Gasteiger partial charge in [0.05, 0.1) is 15.8 Å². The van der Waals surface area contributed by atoms with Crippen LogP contribution in [0.1, 0.15) is 16.8 Å². The summed E-state index contributed by atoms with van der Waals surface area (Å²) in [7, 11) is -4.30. The standard InChI is InChI=1S/C10H9BrF4N2O3S/c11-8-6(12)3-5(4-7(8)21(16,19)20)9(18)17-2-1-10(13,14)15/h3-4H,1-2H2,(H,17,18)(H2,16,19,20). The van der Waals surface area contributed by atoms with Crippen LogP contribution in [0.4, 0.5) is 17.6 Å². The highest BCUT2D eigenvalue weighted by atomic mass is 79.9. The zero-order valence-electron chi connectivity index (χ0n) is 10.2. The Bertz CT molecular complexity index is 661. The molecule has 0 atom stereocenters. The van der Waals surface area contributed by atoms with E-state index >= 15 is 0 Å². The Labute approximate surface area is 125 Å². The molecule has 3 N–H and O–H groups in total. The van der Waals surface area contributed by atoms with E-state index in [-0.39, 0.29) is 0 Å².